The predicted octanol–water partition coefficient (Wildman–Crippen LogP) is 3.05. The van der Waals surface area contributed by atoms with Crippen LogP contribution in [-0.2, 0) is 11.0 Å². The van der Waals surface area contributed by atoms with E-state index in [2.05, 4.69) is 17.1 Å². The lowest BCUT2D eigenvalue weighted by Crippen LogP contribution is -2.34. The first-order valence-electron chi connectivity index (χ1n) is 6.82. The monoisotopic (exact) mass is 271 g/mol. The van der Waals surface area contributed by atoms with Crippen molar-refractivity contribution in [3.8, 4) is 0 Å². The summed E-state index contributed by atoms with van der Waals surface area (Å²) in [5.41, 5.74) is 6.23. The van der Waals surface area contributed by atoms with Crippen LogP contribution in [-0.4, -0.2) is 10.1 Å². The lowest BCUT2D eigenvalue weighted by atomic mass is 9.98. The molecule has 0 bridgehead atoms. The molecule has 0 aliphatic heterocycles. The third kappa shape index (κ3) is 2.16. The van der Waals surface area contributed by atoms with Crippen LogP contribution in [0.4, 0.5) is 0 Å². The maximum atomic E-state index is 6.35. The van der Waals surface area contributed by atoms with Gasteiger partial charge in [0.05, 0.1) is 5.54 Å². The molecule has 0 aromatic carbocycles. The molecule has 4 nitrogen and oxygen atoms in total. The Morgan fingerprint density at radius 3 is 2.44 bits per heavy atom. The highest BCUT2D eigenvalue weighted by Crippen LogP contribution is 2.51. The molecular weight excluding hydrogens is 250 g/mol. The molecule has 2 saturated carbocycles. The van der Waals surface area contributed by atoms with Crippen LogP contribution in [0, 0.1) is 0 Å². The summed E-state index contributed by atoms with van der Waals surface area (Å²) < 4.78 is 5.48. The fourth-order valence-electron chi connectivity index (χ4n) is 3.07. The SMILES string of the molecule is CCCC1(c2nc(C3(N)CCCC3)no2)CC1.Cl. The minimum absolute atomic E-state index is 0. The van der Waals surface area contributed by atoms with E-state index < -0.39 is 0 Å². The summed E-state index contributed by atoms with van der Waals surface area (Å²) in [5.74, 6) is 1.58. The summed E-state index contributed by atoms with van der Waals surface area (Å²) in [6.07, 6.45) is 9.07. The van der Waals surface area contributed by atoms with Gasteiger partial charge in [-0.3, -0.25) is 0 Å². The minimum atomic E-state index is -0.315. The maximum Gasteiger partial charge on any atom is 0.232 e. The summed E-state index contributed by atoms with van der Waals surface area (Å²) in [4.78, 5) is 4.61. The van der Waals surface area contributed by atoms with Crippen LogP contribution in [0.1, 0.15) is 70.0 Å². The van der Waals surface area contributed by atoms with Crippen molar-refractivity contribution in [2.24, 2.45) is 5.73 Å². The van der Waals surface area contributed by atoms with Crippen molar-refractivity contribution in [1.82, 2.24) is 10.1 Å². The second-order valence-electron chi connectivity index (χ2n) is 5.82. The Morgan fingerprint density at radius 2 is 1.89 bits per heavy atom. The molecule has 0 radical (unpaired) electrons. The van der Waals surface area contributed by atoms with Gasteiger partial charge in [-0.25, -0.2) is 0 Å². The van der Waals surface area contributed by atoms with E-state index in [4.69, 9.17) is 10.3 Å². The van der Waals surface area contributed by atoms with E-state index in [0.717, 1.165) is 31.0 Å². The molecule has 3 rings (SSSR count). The Hall–Kier alpha value is -0.610. The first-order chi connectivity index (χ1) is 8.19. The Bertz CT molecular complexity index is 408. The average molecular weight is 272 g/mol. The molecule has 102 valence electrons. The fourth-order valence-corrected chi connectivity index (χ4v) is 3.07. The third-order valence-corrected chi connectivity index (χ3v) is 4.40. The van der Waals surface area contributed by atoms with Gasteiger partial charge in [-0.15, -0.1) is 12.4 Å². The average Bonchev–Trinajstić information content (AvgIpc) is 2.80. The van der Waals surface area contributed by atoms with Crippen molar-refractivity contribution in [1.29, 1.82) is 0 Å². The lowest BCUT2D eigenvalue weighted by molar-refractivity contribution is 0.321. The molecule has 0 atom stereocenters. The Morgan fingerprint density at radius 1 is 1.22 bits per heavy atom. The Balaban J connectivity index is 0.00000120. The standard InChI is InChI=1S/C13H21N3O.ClH/c1-2-5-12(8-9-12)11-15-10(16-17-11)13(14)6-3-4-7-13;/h2-9,14H2,1H3;1H. The van der Waals surface area contributed by atoms with Gasteiger partial charge in [0.25, 0.3) is 0 Å². The van der Waals surface area contributed by atoms with Crippen LogP contribution in [0.25, 0.3) is 0 Å². The van der Waals surface area contributed by atoms with E-state index in [1.165, 1.54) is 32.1 Å². The van der Waals surface area contributed by atoms with Gasteiger partial charge >= 0.3 is 0 Å². The number of rotatable bonds is 4. The number of hydrogen-bond acceptors (Lipinski definition) is 4. The minimum Gasteiger partial charge on any atom is -0.339 e. The number of halogens is 1. The molecule has 1 aromatic heterocycles. The Kier molecular flexibility index (Phi) is 3.70. The highest BCUT2D eigenvalue weighted by molar-refractivity contribution is 5.85. The van der Waals surface area contributed by atoms with Crippen molar-refractivity contribution in [2.75, 3.05) is 0 Å². The molecule has 2 fully saturated rings. The van der Waals surface area contributed by atoms with Gasteiger partial charge in [0.1, 0.15) is 0 Å². The third-order valence-electron chi connectivity index (χ3n) is 4.40. The summed E-state index contributed by atoms with van der Waals surface area (Å²) >= 11 is 0. The Labute approximate surface area is 114 Å². The van der Waals surface area contributed by atoms with Crippen LogP contribution < -0.4 is 5.73 Å². The van der Waals surface area contributed by atoms with Gasteiger partial charge in [0, 0.05) is 5.41 Å². The molecule has 0 unspecified atom stereocenters. The van der Waals surface area contributed by atoms with Gasteiger partial charge in [0.2, 0.25) is 5.89 Å². The molecule has 1 heterocycles. The van der Waals surface area contributed by atoms with Crippen molar-refractivity contribution >= 4 is 12.4 Å². The van der Waals surface area contributed by atoms with E-state index in [9.17, 15) is 0 Å². The molecule has 2 N–H and O–H groups in total. The highest BCUT2D eigenvalue weighted by Gasteiger charge is 2.49. The topological polar surface area (TPSA) is 64.9 Å². The number of nitrogens with two attached hydrogens (primary N) is 1. The van der Waals surface area contributed by atoms with Gasteiger partial charge in [-0.2, -0.15) is 4.98 Å². The summed E-state index contributed by atoms with van der Waals surface area (Å²) in [6.45, 7) is 2.21. The van der Waals surface area contributed by atoms with E-state index in [1.54, 1.807) is 0 Å². The van der Waals surface area contributed by atoms with Crippen LogP contribution in [0.3, 0.4) is 0 Å². The zero-order valence-electron chi connectivity index (χ0n) is 10.9. The zero-order chi connectivity index (χ0) is 11.9. The molecule has 0 amide bonds. The van der Waals surface area contributed by atoms with Crippen LogP contribution in [0.15, 0.2) is 4.52 Å². The molecule has 5 heteroatoms. The first kappa shape index (κ1) is 13.8. The second kappa shape index (κ2) is 4.82. The second-order valence-corrected chi connectivity index (χ2v) is 5.82. The summed E-state index contributed by atoms with van der Waals surface area (Å²) in [6, 6.07) is 0. The van der Waals surface area contributed by atoms with Crippen molar-refractivity contribution < 1.29 is 4.52 Å². The summed E-state index contributed by atoms with van der Waals surface area (Å²) in [5, 5.41) is 4.15. The predicted molar refractivity (Wildman–Crippen MR) is 71.7 cm³/mol. The van der Waals surface area contributed by atoms with E-state index in [0.29, 0.717) is 0 Å². The maximum absolute atomic E-state index is 6.35. The molecule has 1 aromatic rings. The number of aromatic nitrogens is 2. The largest absolute Gasteiger partial charge is 0.339 e. The quantitative estimate of drug-likeness (QED) is 0.914. The van der Waals surface area contributed by atoms with Crippen molar-refractivity contribution in [3.63, 3.8) is 0 Å². The molecule has 2 aliphatic rings. The van der Waals surface area contributed by atoms with Crippen LogP contribution >= 0.6 is 12.4 Å². The van der Waals surface area contributed by atoms with Crippen molar-refractivity contribution in [2.45, 2.75) is 69.2 Å². The van der Waals surface area contributed by atoms with E-state index in [1.807, 2.05) is 0 Å². The molecule has 18 heavy (non-hydrogen) atoms. The van der Waals surface area contributed by atoms with Gasteiger partial charge in [0.15, 0.2) is 5.82 Å². The van der Waals surface area contributed by atoms with E-state index in [-0.39, 0.29) is 23.4 Å². The first-order valence-corrected chi connectivity index (χ1v) is 6.82. The fraction of sp³-hybridized carbons (Fsp3) is 0.846. The van der Waals surface area contributed by atoms with Gasteiger partial charge < -0.3 is 10.3 Å². The highest BCUT2D eigenvalue weighted by atomic mass is 35.5. The van der Waals surface area contributed by atoms with Crippen LogP contribution in [0.2, 0.25) is 0 Å². The number of nitrogens with zero attached hydrogens (tertiary/aromatic N) is 2. The smallest absolute Gasteiger partial charge is 0.232 e. The van der Waals surface area contributed by atoms with Gasteiger partial charge in [-0.05, 0) is 32.1 Å². The lowest BCUT2D eigenvalue weighted by Gasteiger charge is -2.18. The number of hydrogen-bond donors (Lipinski definition) is 1. The zero-order valence-corrected chi connectivity index (χ0v) is 11.8. The summed E-state index contributed by atoms with van der Waals surface area (Å²) in [7, 11) is 0. The normalized spacial score (nSPS) is 23.7. The van der Waals surface area contributed by atoms with Crippen molar-refractivity contribution in [3.05, 3.63) is 11.7 Å². The molecule has 0 saturated heterocycles. The van der Waals surface area contributed by atoms with Crippen LogP contribution in [0.5, 0.6) is 0 Å². The molecular formula is C13H22ClN3O. The molecule has 0 spiro atoms. The molecule has 2 aliphatic carbocycles. The van der Waals surface area contributed by atoms with E-state index >= 15 is 0 Å². The van der Waals surface area contributed by atoms with Gasteiger partial charge in [-0.1, -0.05) is 31.3 Å².